The lowest BCUT2D eigenvalue weighted by Crippen LogP contribution is -2.11. The number of fused-ring (bicyclic) bond motifs is 3. The molecule has 0 bridgehead atoms. The molecule has 270 valence electrons. The van der Waals surface area contributed by atoms with Gasteiger partial charge in [0.1, 0.15) is 11.2 Å². The van der Waals surface area contributed by atoms with Crippen LogP contribution < -0.4 is 9.80 Å². The van der Waals surface area contributed by atoms with E-state index in [9.17, 15) is 0 Å². The second-order valence-corrected chi connectivity index (χ2v) is 14.1. The third-order valence-electron chi connectivity index (χ3n) is 10.7. The Balaban J connectivity index is 1.08. The molecule has 0 fully saturated rings. The number of benzene rings is 9. The van der Waals surface area contributed by atoms with Gasteiger partial charge in [0.2, 0.25) is 0 Å². The van der Waals surface area contributed by atoms with Gasteiger partial charge in [0.25, 0.3) is 0 Å². The first-order valence-electron chi connectivity index (χ1n) is 19.3. The first-order valence-corrected chi connectivity index (χ1v) is 19.3. The second kappa shape index (κ2) is 14.9. The van der Waals surface area contributed by atoms with Crippen LogP contribution in [0.2, 0.25) is 0 Å². The van der Waals surface area contributed by atoms with Gasteiger partial charge in [-0.25, -0.2) is 0 Å². The largest absolute Gasteiger partial charge is 0.455 e. The minimum atomic E-state index is 0.902. The van der Waals surface area contributed by atoms with Gasteiger partial charge in [-0.1, -0.05) is 158 Å². The zero-order valence-electron chi connectivity index (χ0n) is 31.2. The lowest BCUT2D eigenvalue weighted by Gasteiger charge is -2.29. The van der Waals surface area contributed by atoms with Crippen molar-refractivity contribution in [3.8, 4) is 33.4 Å². The maximum Gasteiger partial charge on any atom is 0.143 e. The summed E-state index contributed by atoms with van der Waals surface area (Å²) >= 11 is 0. The molecule has 1 aromatic heterocycles. The molecule has 0 radical (unpaired) electrons. The normalized spacial score (nSPS) is 11.2. The summed E-state index contributed by atoms with van der Waals surface area (Å²) in [5, 5.41) is 2.26. The van der Waals surface area contributed by atoms with Gasteiger partial charge in [0.15, 0.2) is 0 Å². The first-order chi connectivity index (χ1) is 28.3. The average Bonchev–Trinajstić information content (AvgIpc) is 3.68. The monoisotopic (exact) mass is 730 g/mol. The van der Waals surface area contributed by atoms with E-state index in [1.54, 1.807) is 0 Å². The van der Waals surface area contributed by atoms with E-state index in [1.807, 2.05) is 12.1 Å². The Morgan fingerprint density at radius 2 is 0.754 bits per heavy atom. The number of para-hydroxylation sites is 5. The molecule has 10 rings (SSSR count). The summed E-state index contributed by atoms with van der Waals surface area (Å²) in [5.74, 6) is 0. The molecule has 0 atom stereocenters. The highest BCUT2D eigenvalue weighted by atomic mass is 16.3. The molecule has 9 aromatic carbocycles. The molecule has 10 aromatic rings. The van der Waals surface area contributed by atoms with E-state index >= 15 is 0 Å². The Morgan fingerprint density at radius 1 is 0.281 bits per heavy atom. The predicted molar refractivity (Wildman–Crippen MR) is 239 cm³/mol. The summed E-state index contributed by atoms with van der Waals surface area (Å²) in [5.41, 5.74) is 15.1. The van der Waals surface area contributed by atoms with Gasteiger partial charge in [-0.2, -0.15) is 0 Å². The van der Waals surface area contributed by atoms with Crippen LogP contribution in [0.1, 0.15) is 0 Å². The van der Waals surface area contributed by atoms with Crippen molar-refractivity contribution >= 4 is 56.1 Å². The number of furan rings is 1. The topological polar surface area (TPSA) is 19.6 Å². The highest BCUT2D eigenvalue weighted by molar-refractivity contribution is 6.09. The zero-order valence-corrected chi connectivity index (χ0v) is 31.2. The molecule has 0 unspecified atom stereocenters. The maximum atomic E-state index is 6.43. The fourth-order valence-electron chi connectivity index (χ4n) is 7.95. The fraction of sp³-hybridized carbons (Fsp3) is 0. The smallest absolute Gasteiger partial charge is 0.143 e. The first kappa shape index (κ1) is 33.9. The van der Waals surface area contributed by atoms with Gasteiger partial charge in [0.05, 0.1) is 5.69 Å². The SMILES string of the molecule is c1ccc(-c2ccc(N(c3ccc(-c4cccc5c4oc4ccccc45)cc3)c3cccc(-c4ccccc4N(c4ccccc4)c4ccccc4)c3)cc2)cc1. The zero-order chi connectivity index (χ0) is 38.0. The molecule has 0 N–H and O–H groups in total. The highest BCUT2D eigenvalue weighted by Crippen LogP contribution is 2.44. The number of rotatable bonds is 9. The third kappa shape index (κ3) is 6.52. The van der Waals surface area contributed by atoms with Gasteiger partial charge < -0.3 is 14.2 Å². The average molecular weight is 731 g/mol. The summed E-state index contributed by atoms with van der Waals surface area (Å²) in [6, 6.07) is 81.7. The van der Waals surface area contributed by atoms with E-state index in [2.05, 4.69) is 228 Å². The van der Waals surface area contributed by atoms with E-state index in [0.29, 0.717) is 0 Å². The van der Waals surface area contributed by atoms with E-state index in [-0.39, 0.29) is 0 Å². The summed E-state index contributed by atoms with van der Waals surface area (Å²) in [6.07, 6.45) is 0. The van der Waals surface area contributed by atoms with Crippen LogP contribution >= 0.6 is 0 Å². The summed E-state index contributed by atoms with van der Waals surface area (Å²) in [4.78, 5) is 4.68. The Hall–Kier alpha value is -7.62. The molecule has 0 amide bonds. The van der Waals surface area contributed by atoms with Gasteiger partial charge >= 0.3 is 0 Å². The minimum absolute atomic E-state index is 0.902. The number of hydrogen-bond acceptors (Lipinski definition) is 3. The van der Waals surface area contributed by atoms with Gasteiger partial charge in [-0.3, -0.25) is 0 Å². The molecular formula is C54H38N2O. The summed E-state index contributed by atoms with van der Waals surface area (Å²) in [7, 11) is 0. The van der Waals surface area contributed by atoms with Crippen LogP contribution in [0.15, 0.2) is 235 Å². The summed E-state index contributed by atoms with van der Waals surface area (Å²) < 4.78 is 6.43. The number of hydrogen-bond donors (Lipinski definition) is 0. The Labute approximate surface area is 333 Å². The highest BCUT2D eigenvalue weighted by Gasteiger charge is 2.19. The van der Waals surface area contributed by atoms with Gasteiger partial charge in [0, 0.05) is 50.3 Å². The van der Waals surface area contributed by atoms with Gasteiger partial charge in [-0.15, -0.1) is 0 Å². The second-order valence-electron chi connectivity index (χ2n) is 14.1. The summed E-state index contributed by atoms with van der Waals surface area (Å²) in [6.45, 7) is 0. The number of anilines is 6. The quantitative estimate of drug-likeness (QED) is 0.147. The molecule has 0 saturated heterocycles. The van der Waals surface area contributed by atoms with Crippen molar-refractivity contribution in [2.24, 2.45) is 0 Å². The molecule has 0 aliphatic heterocycles. The van der Waals surface area contributed by atoms with Crippen molar-refractivity contribution in [1.82, 2.24) is 0 Å². The Morgan fingerprint density at radius 3 is 1.46 bits per heavy atom. The van der Waals surface area contributed by atoms with Gasteiger partial charge in [-0.05, 0) is 95.1 Å². The molecule has 1 heterocycles. The molecule has 3 heteroatoms. The molecule has 3 nitrogen and oxygen atoms in total. The molecule has 57 heavy (non-hydrogen) atoms. The Bertz CT molecular complexity index is 2900. The molecule has 0 saturated carbocycles. The molecule has 0 spiro atoms. The van der Waals surface area contributed by atoms with Crippen LogP contribution in [0.5, 0.6) is 0 Å². The van der Waals surface area contributed by atoms with E-state index in [1.165, 1.54) is 11.1 Å². The standard InChI is InChI=1S/C54H38N2O/c1-4-16-39(17-5-1)40-30-34-45(35-31-40)55(46-36-32-41(33-37-46)49-26-15-27-51-50-25-11-13-29-53(50)57-54(49)51)47-23-14-18-42(38-47)48-24-10-12-28-52(48)56(43-19-6-2-7-20-43)44-21-8-3-9-22-44/h1-38H. The van der Waals surface area contributed by atoms with Crippen molar-refractivity contribution in [3.05, 3.63) is 231 Å². The minimum Gasteiger partial charge on any atom is -0.455 e. The van der Waals surface area contributed by atoms with E-state index < -0.39 is 0 Å². The van der Waals surface area contributed by atoms with Crippen molar-refractivity contribution in [2.75, 3.05) is 9.80 Å². The van der Waals surface area contributed by atoms with Crippen molar-refractivity contribution in [2.45, 2.75) is 0 Å². The van der Waals surface area contributed by atoms with E-state index in [0.717, 1.165) is 78.3 Å². The van der Waals surface area contributed by atoms with Crippen LogP contribution in [0.4, 0.5) is 34.1 Å². The lowest BCUT2D eigenvalue weighted by atomic mass is 9.99. The van der Waals surface area contributed by atoms with Crippen molar-refractivity contribution < 1.29 is 4.42 Å². The lowest BCUT2D eigenvalue weighted by molar-refractivity contribution is 0.670. The molecule has 0 aliphatic carbocycles. The van der Waals surface area contributed by atoms with Crippen molar-refractivity contribution in [1.29, 1.82) is 0 Å². The molecule has 0 aliphatic rings. The van der Waals surface area contributed by atoms with E-state index in [4.69, 9.17) is 4.42 Å². The van der Waals surface area contributed by atoms with Crippen LogP contribution in [-0.4, -0.2) is 0 Å². The van der Waals surface area contributed by atoms with Crippen LogP contribution in [0, 0.1) is 0 Å². The van der Waals surface area contributed by atoms with Crippen LogP contribution in [0.3, 0.4) is 0 Å². The number of nitrogens with zero attached hydrogens (tertiary/aromatic N) is 2. The Kier molecular flexibility index (Phi) is 8.86. The van der Waals surface area contributed by atoms with Crippen molar-refractivity contribution in [3.63, 3.8) is 0 Å². The van der Waals surface area contributed by atoms with Crippen LogP contribution in [-0.2, 0) is 0 Å². The fourth-order valence-corrected chi connectivity index (χ4v) is 7.95. The van der Waals surface area contributed by atoms with Crippen LogP contribution in [0.25, 0.3) is 55.3 Å². The molecular weight excluding hydrogens is 693 g/mol. The predicted octanol–water partition coefficient (Wildman–Crippen LogP) is 15.5. The maximum absolute atomic E-state index is 6.43. The third-order valence-corrected chi connectivity index (χ3v) is 10.7.